The first-order valence-electron chi connectivity index (χ1n) is 12.4. The molecule has 2 fully saturated rings. The van der Waals surface area contributed by atoms with E-state index in [4.69, 9.17) is 10.7 Å². The molecule has 0 bridgehead atoms. The van der Waals surface area contributed by atoms with Gasteiger partial charge in [0, 0.05) is 37.9 Å². The Kier molecular flexibility index (Phi) is 10.1. The molecule has 178 valence electrons. The number of guanidine groups is 1. The van der Waals surface area contributed by atoms with Crippen LogP contribution in [0.5, 0.6) is 0 Å². The molecule has 1 atom stereocenters. The van der Waals surface area contributed by atoms with Crippen molar-refractivity contribution in [1.82, 2.24) is 20.5 Å². The number of rotatable bonds is 9. The zero-order valence-corrected chi connectivity index (χ0v) is 19.7. The standard InChI is InChI=1S/C24H41N7O/c1-2-26-24(28-13-9-16-30-14-5-3-4-6-15-30)29-18-20-10-7-12-27-23(20)31-17-8-11-21(19-31)22(25)32/h7,10,12,21H,2-6,8-9,11,13-19H2,1H3,(H2,25,32)(H2,26,28,29). The van der Waals surface area contributed by atoms with Crippen molar-refractivity contribution < 1.29 is 4.79 Å². The molecule has 3 rings (SSSR count). The Labute approximate surface area is 193 Å². The van der Waals surface area contributed by atoms with E-state index >= 15 is 0 Å². The van der Waals surface area contributed by atoms with E-state index in [2.05, 4.69) is 38.4 Å². The summed E-state index contributed by atoms with van der Waals surface area (Å²) in [6, 6.07) is 4.02. The zero-order valence-electron chi connectivity index (χ0n) is 19.7. The molecule has 8 nitrogen and oxygen atoms in total. The molecule has 2 saturated heterocycles. The Morgan fingerprint density at radius 2 is 2.00 bits per heavy atom. The van der Waals surface area contributed by atoms with Gasteiger partial charge in [0.05, 0.1) is 12.5 Å². The van der Waals surface area contributed by atoms with Crippen LogP contribution < -0.4 is 21.3 Å². The van der Waals surface area contributed by atoms with Crippen molar-refractivity contribution in [2.75, 3.05) is 50.7 Å². The largest absolute Gasteiger partial charge is 0.369 e. The van der Waals surface area contributed by atoms with Crippen molar-refractivity contribution in [1.29, 1.82) is 0 Å². The number of piperidine rings is 1. The second-order valence-electron chi connectivity index (χ2n) is 8.91. The van der Waals surface area contributed by atoms with E-state index in [1.54, 1.807) is 0 Å². The summed E-state index contributed by atoms with van der Waals surface area (Å²) in [5.41, 5.74) is 6.63. The van der Waals surface area contributed by atoms with Crippen molar-refractivity contribution in [3.8, 4) is 0 Å². The Morgan fingerprint density at radius 1 is 1.19 bits per heavy atom. The second-order valence-corrected chi connectivity index (χ2v) is 8.91. The van der Waals surface area contributed by atoms with Gasteiger partial charge in [-0.3, -0.25) is 4.79 Å². The average molecular weight is 444 g/mol. The van der Waals surface area contributed by atoms with E-state index in [0.717, 1.165) is 62.8 Å². The normalized spacial score (nSPS) is 20.6. The summed E-state index contributed by atoms with van der Waals surface area (Å²) >= 11 is 0. The maximum atomic E-state index is 11.7. The number of aliphatic imine (C=N–C) groups is 1. The number of aromatic nitrogens is 1. The predicted molar refractivity (Wildman–Crippen MR) is 131 cm³/mol. The molecule has 8 heteroatoms. The molecule has 0 aliphatic carbocycles. The van der Waals surface area contributed by atoms with Crippen molar-refractivity contribution >= 4 is 17.7 Å². The second kappa shape index (κ2) is 13.3. The summed E-state index contributed by atoms with van der Waals surface area (Å²) in [6.07, 6.45) is 10.2. The number of carbonyl (C=O) groups excluding carboxylic acids is 1. The highest BCUT2D eigenvalue weighted by Gasteiger charge is 2.25. The molecule has 3 heterocycles. The fourth-order valence-corrected chi connectivity index (χ4v) is 4.62. The highest BCUT2D eigenvalue weighted by Crippen LogP contribution is 2.25. The summed E-state index contributed by atoms with van der Waals surface area (Å²) in [5.74, 6) is 1.43. The van der Waals surface area contributed by atoms with Crippen LogP contribution in [-0.2, 0) is 11.3 Å². The first-order chi connectivity index (χ1) is 15.7. The molecular formula is C24H41N7O. The number of likely N-dealkylation sites (tertiary alicyclic amines) is 1. The van der Waals surface area contributed by atoms with E-state index in [9.17, 15) is 4.79 Å². The van der Waals surface area contributed by atoms with Gasteiger partial charge in [-0.15, -0.1) is 0 Å². The molecule has 32 heavy (non-hydrogen) atoms. The fraction of sp³-hybridized carbons (Fsp3) is 0.708. The highest BCUT2D eigenvalue weighted by molar-refractivity contribution is 5.80. The van der Waals surface area contributed by atoms with E-state index in [-0.39, 0.29) is 11.8 Å². The van der Waals surface area contributed by atoms with Gasteiger partial charge in [0.2, 0.25) is 5.91 Å². The van der Waals surface area contributed by atoms with Gasteiger partial charge in [0.15, 0.2) is 5.96 Å². The number of primary amides is 1. The molecule has 1 amide bonds. The molecule has 1 unspecified atom stereocenters. The molecular weight excluding hydrogens is 402 g/mol. The number of nitrogens with one attached hydrogen (secondary N) is 2. The van der Waals surface area contributed by atoms with E-state index < -0.39 is 0 Å². The fourth-order valence-electron chi connectivity index (χ4n) is 4.62. The number of nitrogens with two attached hydrogens (primary N) is 1. The van der Waals surface area contributed by atoms with E-state index in [1.165, 1.54) is 38.8 Å². The lowest BCUT2D eigenvalue weighted by Crippen LogP contribution is -2.42. The van der Waals surface area contributed by atoms with E-state index in [1.807, 2.05) is 12.3 Å². The van der Waals surface area contributed by atoms with Crippen LogP contribution in [0.3, 0.4) is 0 Å². The SMILES string of the molecule is CCNC(=NCc1cccnc1N1CCCC(C(N)=O)C1)NCCCN1CCCCCC1. The minimum atomic E-state index is -0.219. The van der Waals surface area contributed by atoms with Crippen molar-refractivity contribution in [2.45, 2.75) is 58.4 Å². The first-order valence-corrected chi connectivity index (χ1v) is 12.4. The smallest absolute Gasteiger partial charge is 0.222 e. The molecule has 0 aromatic carbocycles. The van der Waals surface area contributed by atoms with Gasteiger partial charge in [-0.25, -0.2) is 9.98 Å². The molecule has 4 N–H and O–H groups in total. The van der Waals surface area contributed by atoms with Gasteiger partial charge >= 0.3 is 0 Å². The number of hydrogen-bond donors (Lipinski definition) is 3. The number of anilines is 1. The molecule has 1 aromatic heterocycles. The average Bonchev–Trinajstić information content (AvgIpc) is 3.09. The number of amides is 1. The number of nitrogens with zero attached hydrogens (tertiary/aromatic N) is 4. The van der Waals surface area contributed by atoms with Gasteiger partial charge < -0.3 is 26.2 Å². The third-order valence-electron chi connectivity index (χ3n) is 6.38. The maximum absolute atomic E-state index is 11.7. The van der Waals surface area contributed by atoms with Crippen LogP contribution in [0.2, 0.25) is 0 Å². The van der Waals surface area contributed by atoms with Gasteiger partial charge in [-0.05, 0) is 64.7 Å². The van der Waals surface area contributed by atoms with Crippen molar-refractivity contribution in [3.05, 3.63) is 23.9 Å². The Morgan fingerprint density at radius 3 is 2.75 bits per heavy atom. The summed E-state index contributed by atoms with van der Waals surface area (Å²) in [4.78, 5) is 25.9. The van der Waals surface area contributed by atoms with Crippen LogP contribution in [0, 0.1) is 5.92 Å². The van der Waals surface area contributed by atoms with Gasteiger partial charge in [-0.2, -0.15) is 0 Å². The molecule has 0 saturated carbocycles. The summed E-state index contributed by atoms with van der Waals surface area (Å²) in [6.45, 7) is 9.53. The van der Waals surface area contributed by atoms with Crippen LogP contribution in [-0.4, -0.2) is 67.6 Å². The zero-order chi connectivity index (χ0) is 22.6. The minimum absolute atomic E-state index is 0.106. The summed E-state index contributed by atoms with van der Waals surface area (Å²) < 4.78 is 0. The third kappa shape index (κ3) is 7.65. The topological polar surface area (TPSA) is 98.9 Å². The Hall–Kier alpha value is -2.35. The van der Waals surface area contributed by atoms with Crippen LogP contribution in [0.1, 0.15) is 57.4 Å². The molecule has 0 radical (unpaired) electrons. The first kappa shape index (κ1) is 24.3. The molecule has 2 aliphatic heterocycles. The van der Waals surface area contributed by atoms with Gasteiger partial charge in [0.25, 0.3) is 0 Å². The molecule has 0 spiro atoms. The Balaban J connectivity index is 1.54. The lowest BCUT2D eigenvalue weighted by molar-refractivity contribution is -0.122. The summed E-state index contributed by atoms with van der Waals surface area (Å²) in [5, 5.41) is 6.84. The van der Waals surface area contributed by atoms with Crippen LogP contribution in [0.25, 0.3) is 0 Å². The van der Waals surface area contributed by atoms with E-state index in [0.29, 0.717) is 13.1 Å². The predicted octanol–water partition coefficient (Wildman–Crippen LogP) is 2.10. The van der Waals surface area contributed by atoms with Crippen LogP contribution in [0.15, 0.2) is 23.3 Å². The Bertz CT molecular complexity index is 731. The van der Waals surface area contributed by atoms with Gasteiger partial charge in [0.1, 0.15) is 5.82 Å². The van der Waals surface area contributed by atoms with Crippen LogP contribution in [0.4, 0.5) is 5.82 Å². The lowest BCUT2D eigenvalue weighted by atomic mass is 9.97. The lowest BCUT2D eigenvalue weighted by Gasteiger charge is -2.33. The molecule has 1 aromatic rings. The third-order valence-corrected chi connectivity index (χ3v) is 6.38. The van der Waals surface area contributed by atoms with Crippen molar-refractivity contribution in [3.63, 3.8) is 0 Å². The number of hydrogen-bond acceptors (Lipinski definition) is 5. The minimum Gasteiger partial charge on any atom is -0.369 e. The number of carbonyl (C=O) groups is 1. The maximum Gasteiger partial charge on any atom is 0.222 e. The van der Waals surface area contributed by atoms with Crippen molar-refractivity contribution in [2.24, 2.45) is 16.6 Å². The quantitative estimate of drug-likeness (QED) is 0.307. The number of pyridine rings is 1. The van der Waals surface area contributed by atoms with Crippen LogP contribution >= 0.6 is 0 Å². The summed E-state index contributed by atoms with van der Waals surface area (Å²) in [7, 11) is 0. The monoisotopic (exact) mass is 443 g/mol. The van der Waals surface area contributed by atoms with Gasteiger partial charge in [-0.1, -0.05) is 18.9 Å². The highest BCUT2D eigenvalue weighted by atomic mass is 16.1. The molecule has 2 aliphatic rings.